The molecule has 1 saturated carbocycles. The molecule has 7 heteroatoms. The first-order valence-corrected chi connectivity index (χ1v) is 9.04. The minimum atomic E-state index is -3.74. The summed E-state index contributed by atoms with van der Waals surface area (Å²) in [5, 5.41) is 9.03. The van der Waals surface area contributed by atoms with Crippen molar-refractivity contribution in [3.8, 4) is 6.07 Å². The van der Waals surface area contributed by atoms with Gasteiger partial charge in [-0.25, -0.2) is 18.1 Å². The molecule has 1 N–H and O–H groups in total. The van der Waals surface area contributed by atoms with Crippen LogP contribution >= 0.6 is 0 Å². The average molecular weight is 321 g/mol. The summed E-state index contributed by atoms with van der Waals surface area (Å²) in [4.78, 5) is 3.77. The van der Waals surface area contributed by atoms with E-state index in [9.17, 15) is 8.42 Å². The van der Waals surface area contributed by atoms with Gasteiger partial charge in [-0.05, 0) is 37.8 Å². The first kappa shape index (κ1) is 15.4. The number of sulfonamides is 1. The summed E-state index contributed by atoms with van der Waals surface area (Å²) in [6, 6.07) is 4.62. The van der Waals surface area contributed by atoms with Crippen molar-refractivity contribution < 1.29 is 13.2 Å². The third kappa shape index (κ3) is 3.00. The summed E-state index contributed by atoms with van der Waals surface area (Å²) in [7, 11) is -3.74. The van der Waals surface area contributed by atoms with E-state index < -0.39 is 10.0 Å². The third-order valence-corrected chi connectivity index (χ3v) is 6.05. The largest absolute Gasteiger partial charge is 0.375 e. The monoisotopic (exact) mass is 321 g/mol. The predicted octanol–water partition coefficient (Wildman–Crippen LogP) is 1.72. The maximum absolute atomic E-state index is 12.5. The number of rotatable bonds is 3. The number of hydrogen-bond acceptors (Lipinski definition) is 5. The van der Waals surface area contributed by atoms with Gasteiger partial charge in [-0.1, -0.05) is 12.8 Å². The Labute approximate surface area is 130 Å². The Morgan fingerprint density at radius 1 is 1.41 bits per heavy atom. The zero-order valence-corrected chi connectivity index (χ0v) is 13.1. The summed E-state index contributed by atoms with van der Waals surface area (Å²) < 4.78 is 33.7. The number of hydrogen-bond donors (Lipinski definition) is 1. The molecule has 0 radical (unpaired) electrons. The van der Waals surface area contributed by atoms with Gasteiger partial charge >= 0.3 is 0 Å². The molecule has 1 aliphatic carbocycles. The quantitative estimate of drug-likeness (QED) is 0.915. The van der Waals surface area contributed by atoms with Crippen LogP contribution in [0, 0.1) is 11.3 Å². The molecule has 2 heterocycles. The lowest BCUT2D eigenvalue weighted by atomic mass is 9.89. The molecular weight excluding hydrogens is 302 g/mol. The van der Waals surface area contributed by atoms with Crippen molar-refractivity contribution in [3.63, 3.8) is 0 Å². The first-order chi connectivity index (χ1) is 10.5. The fourth-order valence-corrected chi connectivity index (χ4v) is 4.85. The molecule has 118 valence electrons. The van der Waals surface area contributed by atoms with E-state index >= 15 is 0 Å². The highest BCUT2D eigenvalue weighted by Crippen LogP contribution is 2.40. The van der Waals surface area contributed by atoms with Crippen LogP contribution in [0.15, 0.2) is 23.2 Å². The topological polar surface area (TPSA) is 92.1 Å². The van der Waals surface area contributed by atoms with Crippen molar-refractivity contribution in [1.29, 1.82) is 5.26 Å². The Kier molecular flexibility index (Phi) is 4.17. The highest BCUT2D eigenvalue weighted by atomic mass is 32.2. The van der Waals surface area contributed by atoms with E-state index in [1.54, 1.807) is 0 Å². The van der Waals surface area contributed by atoms with Gasteiger partial charge in [-0.3, -0.25) is 0 Å². The van der Waals surface area contributed by atoms with Crippen molar-refractivity contribution in [2.24, 2.45) is 0 Å². The van der Waals surface area contributed by atoms with Gasteiger partial charge in [0.15, 0.2) is 5.69 Å². The maximum atomic E-state index is 12.5. The zero-order valence-electron chi connectivity index (χ0n) is 12.3. The number of aromatic nitrogens is 1. The van der Waals surface area contributed by atoms with Crippen LogP contribution in [-0.4, -0.2) is 31.7 Å². The van der Waals surface area contributed by atoms with Crippen molar-refractivity contribution in [3.05, 3.63) is 24.0 Å². The van der Waals surface area contributed by atoms with Crippen molar-refractivity contribution in [1.82, 2.24) is 9.71 Å². The van der Waals surface area contributed by atoms with E-state index in [2.05, 4.69) is 9.71 Å². The molecule has 2 aliphatic rings. The predicted molar refractivity (Wildman–Crippen MR) is 79.4 cm³/mol. The van der Waals surface area contributed by atoms with Crippen LogP contribution in [0.25, 0.3) is 0 Å². The van der Waals surface area contributed by atoms with Gasteiger partial charge in [0, 0.05) is 18.8 Å². The lowest BCUT2D eigenvalue weighted by Crippen LogP contribution is -2.47. The summed E-state index contributed by atoms with van der Waals surface area (Å²) in [5.41, 5.74) is -0.226. The van der Waals surface area contributed by atoms with E-state index in [1.807, 2.05) is 6.07 Å². The lowest BCUT2D eigenvalue weighted by Gasteiger charge is -2.38. The number of pyridine rings is 1. The highest BCUT2D eigenvalue weighted by molar-refractivity contribution is 7.89. The number of ether oxygens (including phenoxy) is 1. The molecule has 2 fully saturated rings. The Bertz CT molecular complexity index is 690. The van der Waals surface area contributed by atoms with Gasteiger partial charge < -0.3 is 4.74 Å². The number of nitriles is 1. The highest BCUT2D eigenvalue weighted by Gasteiger charge is 2.41. The van der Waals surface area contributed by atoms with E-state index in [0.717, 1.165) is 25.7 Å². The van der Waals surface area contributed by atoms with Crippen molar-refractivity contribution >= 4 is 10.0 Å². The molecule has 1 unspecified atom stereocenters. The van der Waals surface area contributed by atoms with E-state index in [1.165, 1.54) is 18.3 Å². The molecular formula is C15H19N3O3S. The summed E-state index contributed by atoms with van der Waals surface area (Å²) in [6.07, 6.45) is 7.06. The molecule has 1 aromatic rings. The van der Waals surface area contributed by atoms with E-state index in [4.69, 9.17) is 10.00 Å². The molecule has 1 spiro atoms. The van der Waals surface area contributed by atoms with Gasteiger partial charge in [0.2, 0.25) is 10.0 Å². The fraction of sp³-hybridized carbons (Fsp3) is 0.600. The minimum Gasteiger partial charge on any atom is -0.375 e. The van der Waals surface area contributed by atoms with Gasteiger partial charge in [-0.2, -0.15) is 5.26 Å². The second-order valence-electron chi connectivity index (χ2n) is 6.01. The minimum absolute atomic E-state index is 0.0514. The molecule has 0 bridgehead atoms. The van der Waals surface area contributed by atoms with Crippen molar-refractivity contribution in [2.45, 2.75) is 55.1 Å². The Morgan fingerprint density at radius 3 is 2.91 bits per heavy atom. The molecule has 1 aliphatic heterocycles. The average Bonchev–Trinajstić information content (AvgIpc) is 2.94. The van der Waals surface area contributed by atoms with Crippen LogP contribution in [0.4, 0.5) is 0 Å². The molecule has 0 amide bonds. The second kappa shape index (κ2) is 5.95. The molecule has 1 atom stereocenters. The fourth-order valence-electron chi connectivity index (χ4n) is 3.47. The Hall–Kier alpha value is -1.49. The Morgan fingerprint density at radius 2 is 2.18 bits per heavy atom. The van der Waals surface area contributed by atoms with E-state index in [-0.39, 0.29) is 22.2 Å². The number of nitrogens with zero attached hydrogens (tertiary/aromatic N) is 2. The normalized spacial score (nSPS) is 24.2. The standard InChI is InChI=1S/C15H19N3O3S/c16-11-13-14(4-3-8-17-13)22(19,20)18-12-5-9-21-15(10-12)6-1-2-7-15/h3-4,8,12,18H,1-2,5-7,9-10H2. The lowest BCUT2D eigenvalue weighted by molar-refractivity contribution is -0.0809. The maximum Gasteiger partial charge on any atom is 0.243 e. The molecule has 3 rings (SSSR count). The van der Waals surface area contributed by atoms with Crippen LogP contribution < -0.4 is 4.72 Å². The summed E-state index contributed by atoms with van der Waals surface area (Å²) >= 11 is 0. The number of nitrogens with one attached hydrogen (secondary N) is 1. The van der Waals surface area contributed by atoms with Crippen LogP contribution in [0.2, 0.25) is 0 Å². The van der Waals surface area contributed by atoms with E-state index in [0.29, 0.717) is 19.4 Å². The zero-order chi connectivity index (χ0) is 15.6. The van der Waals surface area contributed by atoms with Crippen LogP contribution in [-0.2, 0) is 14.8 Å². The molecule has 22 heavy (non-hydrogen) atoms. The van der Waals surface area contributed by atoms with Gasteiger partial charge in [-0.15, -0.1) is 0 Å². The van der Waals surface area contributed by atoms with Crippen LogP contribution in [0.1, 0.15) is 44.2 Å². The van der Waals surface area contributed by atoms with Crippen LogP contribution in [0.3, 0.4) is 0 Å². The molecule has 1 aromatic heterocycles. The molecule has 1 saturated heterocycles. The SMILES string of the molecule is N#Cc1ncccc1S(=O)(=O)NC1CCOC2(CCCC2)C1. The second-order valence-corrected chi connectivity index (χ2v) is 7.69. The summed E-state index contributed by atoms with van der Waals surface area (Å²) in [6.45, 7) is 0.575. The first-order valence-electron chi connectivity index (χ1n) is 7.56. The Balaban J connectivity index is 1.78. The smallest absolute Gasteiger partial charge is 0.243 e. The van der Waals surface area contributed by atoms with Crippen molar-refractivity contribution in [2.75, 3.05) is 6.61 Å². The molecule has 0 aromatic carbocycles. The van der Waals surface area contributed by atoms with Crippen LogP contribution in [0.5, 0.6) is 0 Å². The molecule has 6 nitrogen and oxygen atoms in total. The van der Waals surface area contributed by atoms with Gasteiger partial charge in [0.25, 0.3) is 0 Å². The summed E-state index contributed by atoms with van der Waals surface area (Å²) in [5.74, 6) is 0. The van der Waals surface area contributed by atoms with Gasteiger partial charge in [0.05, 0.1) is 5.60 Å². The third-order valence-electron chi connectivity index (χ3n) is 4.50. The van der Waals surface area contributed by atoms with Gasteiger partial charge in [0.1, 0.15) is 11.0 Å².